The Morgan fingerprint density at radius 3 is 2.92 bits per heavy atom. The molecule has 0 saturated heterocycles. The molecule has 1 rings (SSSR count). The van der Waals surface area contributed by atoms with Crippen LogP contribution in [-0.2, 0) is 0 Å². The highest BCUT2D eigenvalue weighted by molar-refractivity contribution is 6.29. The number of nitrogens with zero attached hydrogens (tertiary/aromatic N) is 1. The van der Waals surface area contributed by atoms with Crippen molar-refractivity contribution >= 4 is 35.0 Å². The van der Waals surface area contributed by atoms with Crippen LogP contribution in [0.1, 0.15) is 12.0 Å². The van der Waals surface area contributed by atoms with Gasteiger partial charge in [0, 0.05) is 23.3 Å². The summed E-state index contributed by atoms with van der Waals surface area (Å²) in [5.74, 6) is 0.609. The molecule has 2 nitrogen and oxygen atoms in total. The molecule has 0 bridgehead atoms. The monoisotopic (exact) mass is 216 g/mol. The zero-order valence-electron chi connectivity index (χ0n) is 7.00. The quantitative estimate of drug-likeness (QED) is 0.624. The molecule has 4 heteroatoms. The molecular weight excluding hydrogens is 207 g/mol. The lowest BCUT2D eigenvalue weighted by molar-refractivity contribution is 1.24. The highest BCUT2D eigenvalue weighted by atomic mass is 35.5. The highest BCUT2D eigenvalue weighted by Crippen LogP contribution is 2.16. The topological polar surface area (TPSA) is 38.9 Å². The molecule has 13 heavy (non-hydrogen) atoms. The summed E-state index contributed by atoms with van der Waals surface area (Å²) >= 11 is 11.2. The van der Waals surface area contributed by atoms with Gasteiger partial charge in [-0.1, -0.05) is 23.8 Å². The number of alkyl halides is 1. The first-order chi connectivity index (χ1) is 6.24. The van der Waals surface area contributed by atoms with E-state index < -0.39 is 0 Å². The Bertz CT molecular complexity index is 310. The summed E-state index contributed by atoms with van der Waals surface area (Å²) in [5.41, 5.74) is 7.20. The van der Waals surface area contributed by atoms with Crippen LogP contribution >= 0.6 is 23.2 Å². The number of allylic oxidation sites excluding steroid dienone is 1. The minimum Gasteiger partial charge on any atom is -0.398 e. The molecule has 0 spiro atoms. The molecule has 1 aromatic rings. The van der Waals surface area contributed by atoms with Crippen molar-refractivity contribution in [2.45, 2.75) is 6.42 Å². The standard InChI is InChI=1S/C9H10Cl2N2/c10-4-2-1-3-7-6-13-9(11)5-8(7)12/h1,3,5-6H,2,4H2,(H2,12,13). The van der Waals surface area contributed by atoms with Crippen LogP contribution in [-0.4, -0.2) is 10.9 Å². The van der Waals surface area contributed by atoms with Gasteiger partial charge < -0.3 is 5.73 Å². The molecule has 0 aliphatic heterocycles. The summed E-state index contributed by atoms with van der Waals surface area (Å²) in [4.78, 5) is 3.92. The number of pyridine rings is 1. The average molecular weight is 217 g/mol. The highest BCUT2D eigenvalue weighted by Gasteiger charge is 1.96. The lowest BCUT2D eigenvalue weighted by atomic mass is 10.2. The van der Waals surface area contributed by atoms with Gasteiger partial charge in [0.2, 0.25) is 0 Å². The number of anilines is 1. The van der Waals surface area contributed by atoms with Crippen LogP contribution in [0.5, 0.6) is 0 Å². The fourth-order valence-corrected chi connectivity index (χ4v) is 1.16. The smallest absolute Gasteiger partial charge is 0.131 e. The van der Waals surface area contributed by atoms with Crippen LogP contribution in [0, 0.1) is 0 Å². The Hall–Kier alpha value is -0.730. The first kappa shape index (κ1) is 10.4. The van der Waals surface area contributed by atoms with E-state index >= 15 is 0 Å². The largest absolute Gasteiger partial charge is 0.398 e. The number of rotatable bonds is 3. The van der Waals surface area contributed by atoms with Gasteiger partial charge in [-0.2, -0.15) is 0 Å². The molecule has 0 aliphatic carbocycles. The molecular formula is C9H10Cl2N2. The Kier molecular flexibility index (Phi) is 4.06. The van der Waals surface area contributed by atoms with Gasteiger partial charge in [-0.3, -0.25) is 0 Å². The normalized spacial score (nSPS) is 10.9. The molecule has 0 aromatic carbocycles. The van der Waals surface area contributed by atoms with Gasteiger partial charge in [-0.25, -0.2) is 4.98 Å². The minimum atomic E-state index is 0.409. The van der Waals surface area contributed by atoms with Crippen molar-refractivity contribution in [2.75, 3.05) is 11.6 Å². The third-order valence-corrected chi connectivity index (χ3v) is 1.93. The zero-order valence-corrected chi connectivity index (χ0v) is 8.52. The van der Waals surface area contributed by atoms with Crippen molar-refractivity contribution < 1.29 is 0 Å². The summed E-state index contributed by atoms with van der Waals surface area (Å²) in [7, 11) is 0. The van der Waals surface area contributed by atoms with Gasteiger partial charge >= 0.3 is 0 Å². The van der Waals surface area contributed by atoms with Gasteiger partial charge in [0.15, 0.2) is 0 Å². The fourth-order valence-electron chi connectivity index (χ4n) is 0.867. The van der Waals surface area contributed by atoms with Gasteiger partial charge in [0.05, 0.1) is 0 Å². The Morgan fingerprint density at radius 1 is 1.54 bits per heavy atom. The van der Waals surface area contributed by atoms with E-state index in [0.29, 0.717) is 16.7 Å². The summed E-state index contributed by atoms with van der Waals surface area (Å²) in [5, 5.41) is 0.409. The molecule has 0 unspecified atom stereocenters. The van der Waals surface area contributed by atoms with Gasteiger partial charge in [0.25, 0.3) is 0 Å². The third kappa shape index (κ3) is 3.25. The van der Waals surface area contributed by atoms with Crippen LogP contribution < -0.4 is 5.73 Å². The minimum absolute atomic E-state index is 0.409. The molecule has 0 saturated carbocycles. The first-order valence-electron chi connectivity index (χ1n) is 3.87. The average Bonchev–Trinajstić information content (AvgIpc) is 2.09. The van der Waals surface area contributed by atoms with Crippen LogP contribution in [0.4, 0.5) is 5.69 Å². The molecule has 1 heterocycles. The van der Waals surface area contributed by atoms with E-state index in [9.17, 15) is 0 Å². The summed E-state index contributed by atoms with van der Waals surface area (Å²) < 4.78 is 0. The summed E-state index contributed by atoms with van der Waals surface area (Å²) in [6.07, 6.45) is 6.31. The number of halogens is 2. The van der Waals surface area contributed by atoms with Crippen LogP contribution in [0.3, 0.4) is 0 Å². The third-order valence-electron chi connectivity index (χ3n) is 1.51. The molecule has 0 fully saturated rings. The maximum absolute atomic E-state index is 5.69. The maximum atomic E-state index is 5.69. The molecule has 70 valence electrons. The Balaban J connectivity index is 2.77. The van der Waals surface area contributed by atoms with E-state index in [1.165, 1.54) is 0 Å². The molecule has 2 N–H and O–H groups in total. The van der Waals surface area contributed by atoms with E-state index in [-0.39, 0.29) is 0 Å². The lowest BCUT2D eigenvalue weighted by Crippen LogP contribution is -1.90. The second-order valence-electron chi connectivity index (χ2n) is 2.52. The second kappa shape index (κ2) is 5.10. The van der Waals surface area contributed by atoms with Gasteiger partial charge in [-0.05, 0) is 12.5 Å². The number of hydrogen-bond donors (Lipinski definition) is 1. The SMILES string of the molecule is Nc1cc(Cl)ncc1C=CCCCl. The lowest BCUT2D eigenvalue weighted by Gasteiger charge is -1.98. The first-order valence-corrected chi connectivity index (χ1v) is 4.79. The number of nitrogens with two attached hydrogens (primary N) is 1. The van der Waals surface area contributed by atoms with E-state index in [0.717, 1.165) is 12.0 Å². The van der Waals surface area contributed by atoms with Crippen molar-refractivity contribution in [2.24, 2.45) is 0 Å². The zero-order chi connectivity index (χ0) is 9.68. The van der Waals surface area contributed by atoms with Crippen LogP contribution in [0.2, 0.25) is 5.15 Å². The van der Waals surface area contributed by atoms with Crippen LogP contribution in [0.15, 0.2) is 18.3 Å². The van der Waals surface area contributed by atoms with E-state index in [2.05, 4.69) is 4.98 Å². The van der Waals surface area contributed by atoms with Gasteiger partial charge in [0.1, 0.15) is 5.15 Å². The predicted octanol–water partition coefficient (Wildman–Crippen LogP) is 2.96. The van der Waals surface area contributed by atoms with E-state index in [4.69, 9.17) is 28.9 Å². The Labute approximate surface area is 87.4 Å². The molecule has 0 aliphatic rings. The van der Waals surface area contributed by atoms with Crippen molar-refractivity contribution in [1.82, 2.24) is 4.98 Å². The molecule has 1 aromatic heterocycles. The number of nitrogen functional groups attached to an aromatic ring is 1. The molecule has 0 atom stereocenters. The van der Waals surface area contributed by atoms with Crippen molar-refractivity contribution in [3.05, 3.63) is 29.1 Å². The summed E-state index contributed by atoms with van der Waals surface area (Å²) in [6.45, 7) is 0. The van der Waals surface area contributed by atoms with Crippen molar-refractivity contribution in [3.8, 4) is 0 Å². The summed E-state index contributed by atoms with van der Waals surface area (Å²) in [6, 6.07) is 1.63. The van der Waals surface area contributed by atoms with Crippen molar-refractivity contribution in [1.29, 1.82) is 0 Å². The predicted molar refractivity (Wildman–Crippen MR) is 58.0 cm³/mol. The molecule has 0 amide bonds. The fraction of sp³-hybridized carbons (Fsp3) is 0.222. The number of hydrogen-bond acceptors (Lipinski definition) is 2. The second-order valence-corrected chi connectivity index (χ2v) is 3.28. The van der Waals surface area contributed by atoms with Crippen molar-refractivity contribution in [3.63, 3.8) is 0 Å². The maximum Gasteiger partial charge on any atom is 0.131 e. The Morgan fingerprint density at radius 2 is 2.31 bits per heavy atom. The number of aromatic nitrogens is 1. The van der Waals surface area contributed by atoms with E-state index in [1.54, 1.807) is 12.3 Å². The van der Waals surface area contributed by atoms with Crippen LogP contribution in [0.25, 0.3) is 6.08 Å². The van der Waals surface area contributed by atoms with Gasteiger partial charge in [-0.15, -0.1) is 11.6 Å². The van der Waals surface area contributed by atoms with E-state index in [1.807, 2.05) is 12.2 Å². The molecule has 0 radical (unpaired) electrons.